The Morgan fingerprint density at radius 3 is 2.45 bits per heavy atom. The molecule has 2 rings (SSSR count). The van der Waals surface area contributed by atoms with Crippen molar-refractivity contribution in [2.75, 3.05) is 11.4 Å². The Morgan fingerprint density at radius 1 is 1.25 bits per heavy atom. The summed E-state index contributed by atoms with van der Waals surface area (Å²) in [6, 6.07) is 7.44. The molecule has 108 valence electrons. The van der Waals surface area contributed by atoms with Gasteiger partial charge in [-0.05, 0) is 30.0 Å². The highest BCUT2D eigenvalue weighted by atomic mass is 16.2. The van der Waals surface area contributed by atoms with E-state index in [2.05, 4.69) is 12.2 Å². The molecule has 1 aliphatic heterocycles. The van der Waals surface area contributed by atoms with E-state index >= 15 is 0 Å². The number of carbonyl (C=O) groups excluding carboxylic acids is 2. The van der Waals surface area contributed by atoms with Gasteiger partial charge in [0.1, 0.15) is 12.6 Å². The van der Waals surface area contributed by atoms with Crippen LogP contribution in [0.5, 0.6) is 0 Å². The largest absolute Gasteiger partial charge is 0.342 e. The Hall–Kier alpha value is -1.84. The zero-order chi connectivity index (χ0) is 14.7. The Morgan fingerprint density at radius 2 is 1.90 bits per heavy atom. The maximum atomic E-state index is 12.5. The quantitative estimate of drug-likeness (QED) is 0.914. The second kappa shape index (κ2) is 6.07. The topological polar surface area (TPSA) is 49.4 Å². The van der Waals surface area contributed by atoms with E-state index in [1.165, 1.54) is 5.56 Å². The van der Waals surface area contributed by atoms with Crippen molar-refractivity contribution >= 4 is 17.5 Å². The van der Waals surface area contributed by atoms with E-state index in [4.69, 9.17) is 0 Å². The first kappa shape index (κ1) is 14.6. The normalized spacial score (nSPS) is 20.8. The fourth-order valence-electron chi connectivity index (χ4n) is 2.42. The minimum atomic E-state index is -0.410. The fourth-order valence-corrected chi connectivity index (χ4v) is 2.42. The van der Waals surface area contributed by atoms with Crippen LogP contribution in [0.25, 0.3) is 0 Å². The van der Waals surface area contributed by atoms with E-state index in [0.29, 0.717) is 0 Å². The Labute approximate surface area is 120 Å². The minimum Gasteiger partial charge on any atom is -0.342 e. The summed E-state index contributed by atoms with van der Waals surface area (Å²) in [5.74, 6) is 0.0434. The molecule has 4 nitrogen and oxygen atoms in total. The van der Waals surface area contributed by atoms with Crippen molar-refractivity contribution in [1.82, 2.24) is 5.32 Å². The van der Waals surface area contributed by atoms with Gasteiger partial charge in [-0.1, -0.05) is 39.3 Å². The maximum absolute atomic E-state index is 12.5. The summed E-state index contributed by atoms with van der Waals surface area (Å²) in [6.07, 6.45) is 1.82. The van der Waals surface area contributed by atoms with Crippen LogP contribution in [0.15, 0.2) is 24.3 Å². The predicted molar refractivity (Wildman–Crippen MR) is 79.6 cm³/mol. The van der Waals surface area contributed by atoms with Crippen LogP contribution in [0, 0.1) is 5.92 Å². The van der Waals surface area contributed by atoms with Crippen LogP contribution < -0.4 is 10.2 Å². The first-order chi connectivity index (χ1) is 9.56. The van der Waals surface area contributed by atoms with Crippen molar-refractivity contribution in [3.63, 3.8) is 0 Å². The summed E-state index contributed by atoms with van der Waals surface area (Å²) in [5, 5.41) is 2.81. The van der Waals surface area contributed by atoms with Gasteiger partial charge in [0.15, 0.2) is 0 Å². The van der Waals surface area contributed by atoms with Crippen LogP contribution in [-0.2, 0) is 16.0 Å². The SMILES string of the molecule is CCc1ccc(N2CC(=O)NC(C(C)CC)C2=O)cc1. The number of piperazine rings is 1. The third-order valence-electron chi connectivity index (χ3n) is 4.02. The van der Waals surface area contributed by atoms with Gasteiger partial charge in [0, 0.05) is 5.69 Å². The standard InChI is InChI=1S/C16H22N2O2/c1-4-11(3)15-16(20)18(10-14(19)17-15)13-8-6-12(5-2)7-9-13/h6-9,11,15H,4-5,10H2,1-3H3,(H,17,19). The molecule has 1 saturated heterocycles. The molecule has 0 bridgehead atoms. The molecule has 0 aliphatic carbocycles. The summed E-state index contributed by atoms with van der Waals surface area (Å²) in [7, 11) is 0. The van der Waals surface area contributed by atoms with Crippen LogP contribution >= 0.6 is 0 Å². The number of amides is 2. The lowest BCUT2D eigenvalue weighted by molar-refractivity contribution is -0.132. The van der Waals surface area contributed by atoms with Gasteiger partial charge in [0.05, 0.1) is 0 Å². The Kier molecular flexibility index (Phi) is 4.42. The number of nitrogens with one attached hydrogen (secondary N) is 1. The van der Waals surface area contributed by atoms with E-state index in [1.54, 1.807) is 4.90 Å². The van der Waals surface area contributed by atoms with E-state index in [1.807, 2.05) is 38.1 Å². The van der Waals surface area contributed by atoms with E-state index in [-0.39, 0.29) is 24.3 Å². The molecule has 1 fully saturated rings. The molecule has 2 atom stereocenters. The number of benzene rings is 1. The van der Waals surface area contributed by atoms with Crippen LogP contribution in [0.1, 0.15) is 32.8 Å². The van der Waals surface area contributed by atoms with Gasteiger partial charge in [-0.2, -0.15) is 0 Å². The summed E-state index contributed by atoms with van der Waals surface area (Å²) in [4.78, 5) is 26.0. The molecule has 0 aromatic heterocycles. The van der Waals surface area contributed by atoms with E-state index < -0.39 is 6.04 Å². The van der Waals surface area contributed by atoms with Gasteiger partial charge in [-0.15, -0.1) is 0 Å². The summed E-state index contributed by atoms with van der Waals surface area (Å²) in [6.45, 7) is 6.22. The third-order valence-corrected chi connectivity index (χ3v) is 4.02. The zero-order valence-electron chi connectivity index (χ0n) is 12.3. The maximum Gasteiger partial charge on any atom is 0.250 e. The van der Waals surface area contributed by atoms with Gasteiger partial charge in [0.25, 0.3) is 0 Å². The second-order valence-electron chi connectivity index (χ2n) is 5.38. The van der Waals surface area contributed by atoms with Crippen molar-refractivity contribution in [2.45, 2.75) is 39.7 Å². The van der Waals surface area contributed by atoms with Gasteiger partial charge in [-0.25, -0.2) is 0 Å². The number of rotatable bonds is 4. The molecular formula is C16H22N2O2. The molecule has 1 aliphatic rings. The van der Waals surface area contributed by atoms with Crippen LogP contribution in [0.4, 0.5) is 5.69 Å². The van der Waals surface area contributed by atoms with Gasteiger partial charge in [0.2, 0.25) is 11.8 Å². The van der Waals surface area contributed by atoms with Gasteiger partial charge in [-0.3, -0.25) is 9.59 Å². The molecule has 1 aromatic carbocycles. The lowest BCUT2D eigenvalue weighted by Gasteiger charge is -2.35. The molecule has 0 saturated carbocycles. The predicted octanol–water partition coefficient (Wildman–Crippen LogP) is 2.13. The molecule has 1 N–H and O–H groups in total. The molecular weight excluding hydrogens is 252 g/mol. The number of nitrogens with zero attached hydrogens (tertiary/aromatic N) is 1. The highest BCUT2D eigenvalue weighted by Crippen LogP contribution is 2.21. The monoisotopic (exact) mass is 274 g/mol. The average Bonchev–Trinajstić information content (AvgIpc) is 2.48. The molecule has 0 radical (unpaired) electrons. The smallest absolute Gasteiger partial charge is 0.250 e. The molecule has 1 heterocycles. The molecule has 2 unspecified atom stereocenters. The summed E-state index contributed by atoms with van der Waals surface area (Å²) >= 11 is 0. The highest BCUT2D eigenvalue weighted by molar-refractivity contribution is 6.06. The molecule has 20 heavy (non-hydrogen) atoms. The zero-order valence-corrected chi connectivity index (χ0v) is 12.3. The highest BCUT2D eigenvalue weighted by Gasteiger charge is 2.36. The fraction of sp³-hybridized carbons (Fsp3) is 0.500. The van der Waals surface area contributed by atoms with Crippen molar-refractivity contribution in [3.05, 3.63) is 29.8 Å². The van der Waals surface area contributed by atoms with Crippen molar-refractivity contribution in [3.8, 4) is 0 Å². The van der Waals surface area contributed by atoms with Gasteiger partial charge < -0.3 is 10.2 Å². The first-order valence-electron chi connectivity index (χ1n) is 7.26. The minimum absolute atomic E-state index is 0.0109. The van der Waals surface area contributed by atoms with Crippen LogP contribution in [-0.4, -0.2) is 24.4 Å². The lowest BCUT2D eigenvalue weighted by Crippen LogP contribution is -2.60. The van der Waals surface area contributed by atoms with E-state index in [0.717, 1.165) is 18.5 Å². The Balaban J connectivity index is 2.24. The average molecular weight is 274 g/mol. The Bertz CT molecular complexity index is 496. The number of aryl methyl sites for hydroxylation is 1. The van der Waals surface area contributed by atoms with Gasteiger partial charge >= 0.3 is 0 Å². The number of hydrogen-bond acceptors (Lipinski definition) is 2. The van der Waals surface area contributed by atoms with Crippen LogP contribution in [0.3, 0.4) is 0 Å². The van der Waals surface area contributed by atoms with Crippen molar-refractivity contribution in [1.29, 1.82) is 0 Å². The molecule has 1 aromatic rings. The van der Waals surface area contributed by atoms with Crippen molar-refractivity contribution < 1.29 is 9.59 Å². The first-order valence-corrected chi connectivity index (χ1v) is 7.26. The molecule has 2 amide bonds. The number of hydrogen-bond donors (Lipinski definition) is 1. The molecule has 4 heteroatoms. The number of carbonyl (C=O) groups is 2. The molecule has 0 spiro atoms. The second-order valence-corrected chi connectivity index (χ2v) is 5.38. The summed E-state index contributed by atoms with van der Waals surface area (Å²) in [5.41, 5.74) is 2.02. The van der Waals surface area contributed by atoms with Crippen molar-refractivity contribution in [2.24, 2.45) is 5.92 Å². The lowest BCUT2D eigenvalue weighted by atomic mass is 9.96. The third kappa shape index (κ3) is 2.84. The van der Waals surface area contributed by atoms with E-state index in [9.17, 15) is 9.59 Å². The number of anilines is 1. The summed E-state index contributed by atoms with van der Waals surface area (Å²) < 4.78 is 0. The van der Waals surface area contributed by atoms with Crippen LogP contribution in [0.2, 0.25) is 0 Å².